The number of aliphatic carboxylic acids is 1. The first kappa shape index (κ1) is 11.3. The Labute approximate surface area is 88.0 Å². The number of hydrogen-bond acceptors (Lipinski definition) is 3. The van der Waals surface area contributed by atoms with Gasteiger partial charge in [0.2, 0.25) is 0 Å². The highest BCUT2D eigenvalue weighted by molar-refractivity contribution is 5.85. The quantitative estimate of drug-likeness (QED) is 0.710. The zero-order chi connectivity index (χ0) is 11.1. The molecule has 15 heavy (non-hydrogen) atoms. The average Bonchev–Trinajstić information content (AvgIpc) is 2.25. The van der Waals surface area contributed by atoms with Gasteiger partial charge in [0.15, 0.2) is 0 Å². The van der Waals surface area contributed by atoms with Gasteiger partial charge in [-0.25, -0.2) is 4.79 Å². The largest absolute Gasteiger partial charge is 0.492 e. The van der Waals surface area contributed by atoms with Crippen molar-refractivity contribution in [1.29, 1.82) is 0 Å². The smallest absolute Gasteiger partial charge is 0.328 e. The van der Waals surface area contributed by atoms with E-state index in [1.807, 2.05) is 0 Å². The monoisotopic (exact) mass is 207 g/mol. The maximum absolute atomic E-state index is 10.3. The lowest BCUT2D eigenvalue weighted by atomic mass is 10.2. The molecule has 4 heteroatoms. The number of nitrogens with two attached hydrogens (primary N) is 1. The lowest BCUT2D eigenvalue weighted by Crippen LogP contribution is -2.10. The molecule has 0 saturated carbocycles. The van der Waals surface area contributed by atoms with Crippen LogP contribution in [0.1, 0.15) is 5.56 Å². The van der Waals surface area contributed by atoms with Gasteiger partial charge in [-0.15, -0.1) is 0 Å². The van der Waals surface area contributed by atoms with Crippen molar-refractivity contribution in [2.24, 2.45) is 5.73 Å². The summed E-state index contributed by atoms with van der Waals surface area (Å²) in [5.41, 5.74) is 6.10. The standard InChI is InChI=1S/C11H13NO3/c12-7-8-15-10-4-1-9(2-5-10)3-6-11(13)14/h1-6H,7-8,12H2,(H,13,14)/b6-3+. The number of hydrogen-bond donors (Lipinski definition) is 2. The van der Waals surface area contributed by atoms with Gasteiger partial charge >= 0.3 is 5.97 Å². The Hall–Kier alpha value is -1.81. The van der Waals surface area contributed by atoms with Gasteiger partial charge in [-0.1, -0.05) is 12.1 Å². The molecule has 0 aromatic heterocycles. The maximum Gasteiger partial charge on any atom is 0.328 e. The lowest BCUT2D eigenvalue weighted by Gasteiger charge is -2.03. The van der Waals surface area contributed by atoms with Gasteiger partial charge in [0.05, 0.1) is 0 Å². The molecule has 1 aromatic rings. The molecule has 4 nitrogen and oxygen atoms in total. The van der Waals surface area contributed by atoms with Crippen molar-refractivity contribution < 1.29 is 14.6 Å². The van der Waals surface area contributed by atoms with Crippen LogP contribution in [0.15, 0.2) is 30.3 Å². The Morgan fingerprint density at radius 3 is 2.60 bits per heavy atom. The van der Waals surface area contributed by atoms with Crippen LogP contribution in [-0.2, 0) is 4.79 Å². The van der Waals surface area contributed by atoms with Gasteiger partial charge in [0.25, 0.3) is 0 Å². The summed E-state index contributed by atoms with van der Waals surface area (Å²) >= 11 is 0. The molecule has 0 amide bonds. The summed E-state index contributed by atoms with van der Waals surface area (Å²) < 4.78 is 5.27. The molecule has 1 rings (SSSR count). The molecule has 1 aromatic carbocycles. The fourth-order valence-electron chi connectivity index (χ4n) is 1.02. The third-order valence-corrected chi connectivity index (χ3v) is 1.69. The third kappa shape index (κ3) is 4.28. The maximum atomic E-state index is 10.3. The summed E-state index contributed by atoms with van der Waals surface area (Å²) in [4.78, 5) is 10.3. The first-order valence-corrected chi connectivity index (χ1v) is 4.56. The zero-order valence-electron chi connectivity index (χ0n) is 8.22. The second-order valence-electron chi connectivity index (χ2n) is 2.88. The van der Waals surface area contributed by atoms with Crippen LogP contribution in [0, 0.1) is 0 Å². The van der Waals surface area contributed by atoms with Crippen molar-refractivity contribution >= 4 is 12.0 Å². The van der Waals surface area contributed by atoms with E-state index in [9.17, 15) is 4.79 Å². The number of benzene rings is 1. The van der Waals surface area contributed by atoms with E-state index in [1.54, 1.807) is 24.3 Å². The van der Waals surface area contributed by atoms with Crippen LogP contribution in [-0.4, -0.2) is 24.2 Å². The van der Waals surface area contributed by atoms with E-state index in [0.29, 0.717) is 13.2 Å². The van der Waals surface area contributed by atoms with Crippen LogP contribution in [0.5, 0.6) is 5.75 Å². The van der Waals surface area contributed by atoms with Crippen molar-refractivity contribution in [1.82, 2.24) is 0 Å². The molecule has 0 fully saturated rings. The summed E-state index contributed by atoms with van der Waals surface area (Å²) in [6.45, 7) is 0.949. The predicted molar refractivity (Wildman–Crippen MR) is 57.7 cm³/mol. The summed E-state index contributed by atoms with van der Waals surface area (Å²) in [5.74, 6) is -0.230. The average molecular weight is 207 g/mol. The molecule has 0 radical (unpaired) electrons. The molecule has 0 atom stereocenters. The minimum absolute atomic E-state index is 0.473. The highest BCUT2D eigenvalue weighted by Crippen LogP contribution is 2.12. The molecular formula is C11H13NO3. The molecule has 0 saturated heterocycles. The van der Waals surface area contributed by atoms with Gasteiger partial charge in [-0.2, -0.15) is 0 Å². The first-order valence-electron chi connectivity index (χ1n) is 4.56. The Bertz CT molecular complexity index is 343. The highest BCUT2D eigenvalue weighted by Gasteiger charge is 1.93. The van der Waals surface area contributed by atoms with Crippen molar-refractivity contribution in [2.45, 2.75) is 0 Å². The predicted octanol–water partition coefficient (Wildman–Crippen LogP) is 1.12. The Kier molecular flexibility index (Phi) is 4.37. The van der Waals surface area contributed by atoms with E-state index >= 15 is 0 Å². The second kappa shape index (κ2) is 5.82. The number of ether oxygens (including phenoxy) is 1. The minimum Gasteiger partial charge on any atom is -0.492 e. The van der Waals surface area contributed by atoms with Crippen molar-refractivity contribution in [2.75, 3.05) is 13.2 Å². The highest BCUT2D eigenvalue weighted by atomic mass is 16.5. The van der Waals surface area contributed by atoms with Crippen LogP contribution in [0.2, 0.25) is 0 Å². The number of carbonyl (C=O) groups is 1. The van der Waals surface area contributed by atoms with Crippen LogP contribution in [0.25, 0.3) is 6.08 Å². The molecule has 0 aliphatic heterocycles. The molecule has 0 spiro atoms. The number of rotatable bonds is 5. The van der Waals surface area contributed by atoms with E-state index in [1.165, 1.54) is 6.08 Å². The Balaban J connectivity index is 2.60. The summed E-state index contributed by atoms with van der Waals surface area (Å²) in [7, 11) is 0. The van der Waals surface area contributed by atoms with Gasteiger partial charge in [0.1, 0.15) is 12.4 Å². The van der Waals surface area contributed by atoms with E-state index in [4.69, 9.17) is 15.6 Å². The molecule has 0 aliphatic carbocycles. The fourth-order valence-corrected chi connectivity index (χ4v) is 1.02. The normalized spacial score (nSPS) is 10.5. The molecule has 3 N–H and O–H groups in total. The SMILES string of the molecule is NCCOc1ccc(/C=C/C(=O)O)cc1. The molecule has 0 unspecified atom stereocenters. The van der Waals surface area contributed by atoms with Crippen molar-refractivity contribution in [3.63, 3.8) is 0 Å². The molecule has 80 valence electrons. The van der Waals surface area contributed by atoms with Crippen LogP contribution < -0.4 is 10.5 Å². The Morgan fingerprint density at radius 1 is 1.40 bits per heavy atom. The third-order valence-electron chi connectivity index (χ3n) is 1.69. The fraction of sp³-hybridized carbons (Fsp3) is 0.182. The summed E-state index contributed by atoms with van der Waals surface area (Å²) in [6.07, 6.45) is 2.62. The van der Waals surface area contributed by atoms with E-state index in [2.05, 4.69) is 0 Å². The zero-order valence-corrected chi connectivity index (χ0v) is 8.22. The molecular weight excluding hydrogens is 194 g/mol. The van der Waals surface area contributed by atoms with Crippen molar-refractivity contribution in [3.8, 4) is 5.75 Å². The number of carboxylic acids is 1. The van der Waals surface area contributed by atoms with Crippen molar-refractivity contribution in [3.05, 3.63) is 35.9 Å². The molecule has 0 heterocycles. The minimum atomic E-state index is -0.960. The van der Waals surface area contributed by atoms with Gasteiger partial charge < -0.3 is 15.6 Å². The summed E-state index contributed by atoms with van der Waals surface area (Å²) in [6, 6.07) is 7.12. The van der Waals surface area contributed by atoms with Crippen LogP contribution >= 0.6 is 0 Å². The first-order chi connectivity index (χ1) is 7.22. The van der Waals surface area contributed by atoms with E-state index in [-0.39, 0.29) is 0 Å². The van der Waals surface area contributed by atoms with Crippen LogP contribution in [0.4, 0.5) is 0 Å². The van der Waals surface area contributed by atoms with Crippen LogP contribution in [0.3, 0.4) is 0 Å². The second-order valence-corrected chi connectivity index (χ2v) is 2.88. The van der Waals surface area contributed by atoms with Gasteiger partial charge in [-0.3, -0.25) is 0 Å². The van der Waals surface area contributed by atoms with E-state index in [0.717, 1.165) is 17.4 Å². The topological polar surface area (TPSA) is 72.5 Å². The number of carboxylic acid groups (broad SMARTS) is 1. The van der Waals surface area contributed by atoms with Gasteiger partial charge in [-0.05, 0) is 23.8 Å². The summed E-state index contributed by atoms with van der Waals surface area (Å²) in [5, 5.41) is 8.42. The van der Waals surface area contributed by atoms with Gasteiger partial charge in [0, 0.05) is 12.6 Å². The Morgan fingerprint density at radius 2 is 2.07 bits per heavy atom. The lowest BCUT2D eigenvalue weighted by molar-refractivity contribution is -0.131. The van der Waals surface area contributed by atoms with E-state index < -0.39 is 5.97 Å². The molecule has 0 bridgehead atoms. The molecule has 0 aliphatic rings.